The number of nitrogens with zero attached hydrogens (tertiary/aromatic N) is 2. The Kier molecular flexibility index (Phi) is 10.2. The molecule has 2 aliphatic heterocycles. The van der Waals surface area contributed by atoms with E-state index < -0.39 is 39.7 Å². The molecule has 2 fully saturated rings. The average molecular weight is 729 g/mol. The van der Waals surface area contributed by atoms with E-state index in [0.29, 0.717) is 43.6 Å². The van der Waals surface area contributed by atoms with E-state index in [1.807, 2.05) is 25.1 Å². The van der Waals surface area contributed by atoms with Gasteiger partial charge in [-0.2, -0.15) is 4.36 Å². The second-order valence-electron chi connectivity index (χ2n) is 15.5. The number of hydrogen-bond acceptors (Lipinski definition) is 6. The highest BCUT2D eigenvalue weighted by Gasteiger charge is 2.46. The van der Waals surface area contributed by atoms with Gasteiger partial charge in [0.2, 0.25) is 6.43 Å². The van der Waals surface area contributed by atoms with E-state index in [1.54, 1.807) is 13.2 Å². The van der Waals surface area contributed by atoms with E-state index in [-0.39, 0.29) is 41.0 Å². The number of allylic oxidation sites excluding steroid dienone is 1. The van der Waals surface area contributed by atoms with Gasteiger partial charge in [0.15, 0.2) is 0 Å². The number of methoxy groups -OCH3 is 1. The molecule has 0 aromatic heterocycles. The molecular formula is C39H47ClF2N2O5S. The minimum atomic E-state index is -3.33. The summed E-state index contributed by atoms with van der Waals surface area (Å²) in [5.74, 6) is -1.35. The van der Waals surface area contributed by atoms with Gasteiger partial charge in [-0.05, 0) is 110 Å². The molecule has 8 atom stereocenters. The molecule has 7 nitrogen and oxygen atoms in total. The van der Waals surface area contributed by atoms with Crippen LogP contribution >= 0.6 is 11.6 Å². The number of benzene rings is 2. The molecule has 2 aromatic rings. The quantitative estimate of drug-likeness (QED) is 0.281. The van der Waals surface area contributed by atoms with E-state index in [2.05, 4.69) is 33.5 Å². The summed E-state index contributed by atoms with van der Waals surface area (Å²) in [6, 6.07) is 11.5. The van der Waals surface area contributed by atoms with Crippen molar-refractivity contribution in [1.82, 2.24) is 0 Å². The zero-order valence-electron chi connectivity index (χ0n) is 28.8. The molecule has 270 valence electrons. The van der Waals surface area contributed by atoms with E-state index in [4.69, 9.17) is 21.1 Å². The first-order chi connectivity index (χ1) is 24.0. The molecule has 3 aliphatic carbocycles. The zero-order chi connectivity index (χ0) is 35.2. The van der Waals surface area contributed by atoms with Crippen LogP contribution in [0.4, 0.5) is 14.5 Å². The van der Waals surface area contributed by atoms with Crippen LogP contribution in [0.3, 0.4) is 0 Å². The predicted molar refractivity (Wildman–Crippen MR) is 192 cm³/mol. The maximum absolute atomic E-state index is 14.4. The van der Waals surface area contributed by atoms with Crippen molar-refractivity contribution in [2.75, 3.05) is 43.2 Å². The van der Waals surface area contributed by atoms with Gasteiger partial charge in [-0.1, -0.05) is 36.7 Å². The first-order valence-electron chi connectivity index (χ1n) is 18.0. The second kappa shape index (κ2) is 14.3. The van der Waals surface area contributed by atoms with Crippen LogP contribution in [-0.2, 0) is 31.1 Å². The van der Waals surface area contributed by atoms with Crippen molar-refractivity contribution in [2.45, 2.75) is 76.2 Å². The Labute approximate surface area is 299 Å². The van der Waals surface area contributed by atoms with E-state index in [9.17, 15) is 22.6 Å². The molecule has 7 rings (SSSR count). The summed E-state index contributed by atoms with van der Waals surface area (Å²) < 4.78 is 57.7. The summed E-state index contributed by atoms with van der Waals surface area (Å²) >= 11 is 6.44. The molecule has 0 N–H and O–H groups in total. The van der Waals surface area contributed by atoms with Crippen molar-refractivity contribution in [1.29, 1.82) is 0 Å². The number of carbonyl (C=O) groups excluding carboxylic acids is 2. The number of fused-ring (bicyclic) bond motifs is 4. The van der Waals surface area contributed by atoms with Crippen molar-refractivity contribution in [3.63, 3.8) is 0 Å². The van der Waals surface area contributed by atoms with Crippen molar-refractivity contribution < 1.29 is 32.1 Å². The zero-order valence-corrected chi connectivity index (χ0v) is 30.4. The fourth-order valence-corrected chi connectivity index (χ4v) is 11.4. The maximum atomic E-state index is 14.4. The standard InChI is InChI=1S/C39H47ClF2N2O5S/c1-24-5-3-7-35(48-2)31-11-8-27(31)19-44-22-39(14-4-6-25-15-29(40)10-12-33(25)39)23-49-36-13-9-26(18-34(36)44)38(46)43-50(47,20-24)21-30(45)16-28-17-32(28)37(41)42/h3,7,9-10,12-13,15,18,24,27-28,31-32,35,37H,4-6,8,11,14,16-17,19-23H2,1-2H3/b7-3+/t24-,27-,28-,31+,32-,35-,39-,50+/m0/s1. The Bertz CT molecular complexity index is 1790. The van der Waals surface area contributed by atoms with Crippen LogP contribution in [-0.4, -0.2) is 66.7 Å². The van der Waals surface area contributed by atoms with Gasteiger partial charge >= 0.3 is 0 Å². The third kappa shape index (κ3) is 7.40. The van der Waals surface area contributed by atoms with Gasteiger partial charge in [0.05, 0.1) is 33.9 Å². The lowest BCUT2D eigenvalue weighted by Gasteiger charge is -2.46. The first kappa shape index (κ1) is 35.6. The lowest BCUT2D eigenvalue weighted by atomic mass is 9.68. The number of amides is 1. The molecule has 2 saturated carbocycles. The summed E-state index contributed by atoms with van der Waals surface area (Å²) in [7, 11) is -1.59. The van der Waals surface area contributed by atoms with Crippen LogP contribution in [0.5, 0.6) is 5.75 Å². The molecule has 1 amide bonds. The van der Waals surface area contributed by atoms with Crippen LogP contribution in [0.25, 0.3) is 0 Å². The topological polar surface area (TPSA) is 85.3 Å². The van der Waals surface area contributed by atoms with E-state index in [0.717, 1.165) is 49.4 Å². The predicted octanol–water partition coefficient (Wildman–Crippen LogP) is 7.92. The number of halogens is 3. The summed E-state index contributed by atoms with van der Waals surface area (Å²) in [6.45, 7) is 3.88. The summed E-state index contributed by atoms with van der Waals surface area (Å²) in [5, 5.41) is 0.726. The number of carbonyl (C=O) groups is 2. The monoisotopic (exact) mass is 728 g/mol. The van der Waals surface area contributed by atoms with Gasteiger partial charge in [0, 0.05) is 54.3 Å². The molecule has 50 heavy (non-hydrogen) atoms. The summed E-state index contributed by atoms with van der Waals surface area (Å²) in [4.78, 5) is 29.4. The van der Waals surface area contributed by atoms with Gasteiger partial charge in [0.1, 0.15) is 11.5 Å². The van der Waals surface area contributed by atoms with Gasteiger partial charge < -0.3 is 14.4 Å². The summed E-state index contributed by atoms with van der Waals surface area (Å²) in [5.41, 5.74) is 3.31. The number of aryl methyl sites for hydroxylation is 1. The van der Waals surface area contributed by atoms with E-state index >= 15 is 0 Å². The van der Waals surface area contributed by atoms with Gasteiger partial charge in [-0.25, -0.2) is 13.0 Å². The molecule has 0 unspecified atom stereocenters. The number of Topliss-reactive ketones (excluding diaryl/α,β-unsaturated/α-hetero) is 1. The Morgan fingerprint density at radius 2 is 2.06 bits per heavy atom. The van der Waals surface area contributed by atoms with Crippen molar-refractivity contribution >= 4 is 38.7 Å². The molecule has 2 bridgehead atoms. The highest BCUT2D eigenvalue weighted by Crippen LogP contribution is 2.48. The maximum Gasteiger partial charge on any atom is 0.285 e. The van der Waals surface area contributed by atoms with Crippen molar-refractivity contribution in [3.8, 4) is 5.75 Å². The minimum Gasteiger partial charge on any atom is -0.490 e. The Morgan fingerprint density at radius 3 is 2.80 bits per heavy atom. The third-order valence-electron chi connectivity index (χ3n) is 11.7. The fourth-order valence-electron chi connectivity index (χ4n) is 8.89. The number of hydrogen-bond donors (Lipinski definition) is 0. The summed E-state index contributed by atoms with van der Waals surface area (Å²) in [6.07, 6.45) is 7.48. The molecule has 0 saturated heterocycles. The Balaban J connectivity index is 1.26. The molecular weight excluding hydrogens is 682 g/mol. The normalized spacial score (nSPS) is 34.4. The Morgan fingerprint density at radius 1 is 1.22 bits per heavy atom. The van der Waals surface area contributed by atoms with Crippen LogP contribution in [0, 0.1) is 29.6 Å². The van der Waals surface area contributed by atoms with Crippen LogP contribution in [0.1, 0.15) is 73.4 Å². The lowest BCUT2D eigenvalue weighted by Crippen LogP contribution is -2.49. The lowest BCUT2D eigenvalue weighted by molar-refractivity contribution is -0.117. The van der Waals surface area contributed by atoms with Gasteiger partial charge in [-0.15, -0.1) is 0 Å². The van der Waals surface area contributed by atoms with Crippen LogP contribution < -0.4 is 9.64 Å². The second-order valence-corrected chi connectivity index (χ2v) is 18.3. The largest absolute Gasteiger partial charge is 0.490 e. The van der Waals surface area contributed by atoms with Gasteiger partial charge in [0.25, 0.3) is 5.91 Å². The molecule has 5 aliphatic rings. The molecule has 11 heteroatoms. The van der Waals surface area contributed by atoms with Crippen molar-refractivity contribution in [2.24, 2.45) is 34.0 Å². The molecule has 2 aromatic carbocycles. The molecule has 1 spiro atoms. The van der Waals surface area contributed by atoms with E-state index in [1.165, 1.54) is 11.1 Å². The first-order valence-corrected chi connectivity index (χ1v) is 20.3. The molecule has 0 radical (unpaired) electrons. The third-order valence-corrected chi connectivity index (χ3v) is 14.3. The van der Waals surface area contributed by atoms with Crippen LogP contribution in [0.15, 0.2) is 52.9 Å². The van der Waals surface area contributed by atoms with Gasteiger partial charge in [-0.3, -0.25) is 9.59 Å². The number of alkyl halides is 2. The highest BCUT2D eigenvalue weighted by atomic mass is 35.5. The number of anilines is 1. The molecule has 2 heterocycles. The SMILES string of the molecule is CO[C@H]1/C=C/C[C@H](C)C[S@@](=O)(CC(=O)C[C@H]2C[C@@H]2C(F)F)=NC(=O)c2ccc3c(c2)N(C[C@@H]2CC[C@H]21)C[C@@]1(CCCc2cc(Cl)ccc21)CO3. The number of ketones is 1. The van der Waals surface area contributed by atoms with Crippen molar-refractivity contribution in [3.05, 3.63) is 70.3 Å². The smallest absolute Gasteiger partial charge is 0.285 e. The van der Waals surface area contributed by atoms with Crippen LogP contribution in [0.2, 0.25) is 5.02 Å². The number of ether oxygens (including phenoxy) is 2. The fraction of sp³-hybridized carbons (Fsp3) is 0.590. The Hall–Kier alpha value is -2.82. The highest BCUT2D eigenvalue weighted by molar-refractivity contribution is 7.94. The number of rotatable bonds is 6. The minimum absolute atomic E-state index is 0.0492. The average Bonchev–Trinajstić information content (AvgIpc) is 3.84.